The SMILES string of the molecule is COc1ccc(Cc2nnc(NC(=O)c3cc(Cl)ccc3OC)s2)cc1OC. The summed E-state index contributed by atoms with van der Waals surface area (Å²) in [6.07, 6.45) is 0.550. The van der Waals surface area contributed by atoms with Crippen molar-refractivity contribution in [1.29, 1.82) is 0 Å². The molecule has 0 radical (unpaired) electrons. The average Bonchev–Trinajstić information content (AvgIpc) is 3.14. The third-order valence-electron chi connectivity index (χ3n) is 3.90. The lowest BCUT2D eigenvalue weighted by Crippen LogP contribution is -2.13. The number of halogens is 1. The summed E-state index contributed by atoms with van der Waals surface area (Å²) in [6, 6.07) is 10.5. The standard InChI is InChI=1S/C19H18ClN3O4S/c1-25-14-7-5-12(20)10-13(14)18(24)21-19-23-22-17(28-19)9-11-4-6-15(26-2)16(8-11)27-3/h4-8,10H,9H2,1-3H3,(H,21,23,24). The molecule has 146 valence electrons. The van der Waals surface area contributed by atoms with E-state index in [0.29, 0.717) is 39.4 Å². The Morgan fingerprint density at radius 1 is 1.00 bits per heavy atom. The highest BCUT2D eigenvalue weighted by Crippen LogP contribution is 2.29. The van der Waals surface area contributed by atoms with Gasteiger partial charge in [0.05, 0.1) is 26.9 Å². The van der Waals surface area contributed by atoms with E-state index >= 15 is 0 Å². The number of carbonyl (C=O) groups is 1. The summed E-state index contributed by atoms with van der Waals surface area (Å²) >= 11 is 7.27. The van der Waals surface area contributed by atoms with E-state index in [-0.39, 0.29) is 5.91 Å². The third kappa shape index (κ3) is 4.52. The lowest BCUT2D eigenvalue weighted by molar-refractivity contribution is 0.102. The van der Waals surface area contributed by atoms with Crippen molar-refractivity contribution in [3.8, 4) is 17.2 Å². The summed E-state index contributed by atoms with van der Waals surface area (Å²) in [6.45, 7) is 0. The highest BCUT2D eigenvalue weighted by Gasteiger charge is 2.16. The van der Waals surface area contributed by atoms with Gasteiger partial charge in [0.2, 0.25) is 5.13 Å². The second kappa shape index (κ2) is 8.90. The molecule has 0 saturated heterocycles. The molecule has 2 aromatic carbocycles. The zero-order valence-corrected chi connectivity index (χ0v) is 17.1. The van der Waals surface area contributed by atoms with E-state index in [1.54, 1.807) is 32.4 Å². The van der Waals surface area contributed by atoms with Gasteiger partial charge in [0.25, 0.3) is 5.91 Å². The van der Waals surface area contributed by atoms with Crippen molar-refractivity contribution >= 4 is 34.0 Å². The molecule has 3 rings (SSSR count). The summed E-state index contributed by atoms with van der Waals surface area (Å²) in [5.74, 6) is 1.36. The molecule has 0 saturated carbocycles. The number of benzene rings is 2. The van der Waals surface area contributed by atoms with Gasteiger partial charge >= 0.3 is 0 Å². The minimum atomic E-state index is -0.367. The molecule has 0 aliphatic rings. The number of amides is 1. The number of aromatic nitrogens is 2. The molecule has 1 amide bonds. The molecule has 9 heteroatoms. The van der Waals surface area contributed by atoms with Crippen LogP contribution in [0, 0.1) is 0 Å². The van der Waals surface area contributed by atoms with Gasteiger partial charge in [-0.1, -0.05) is 29.0 Å². The summed E-state index contributed by atoms with van der Waals surface area (Å²) < 4.78 is 15.8. The van der Waals surface area contributed by atoms with Gasteiger partial charge in [0, 0.05) is 11.4 Å². The van der Waals surface area contributed by atoms with Crippen LogP contribution in [0.15, 0.2) is 36.4 Å². The van der Waals surface area contributed by atoms with Crippen molar-refractivity contribution in [3.05, 3.63) is 57.6 Å². The Morgan fingerprint density at radius 3 is 2.43 bits per heavy atom. The Labute approximate surface area is 171 Å². The predicted molar refractivity (Wildman–Crippen MR) is 108 cm³/mol. The Bertz CT molecular complexity index is 993. The maximum absolute atomic E-state index is 12.5. The molecule has 3 aromatic rings. The van der Waals surface area contributed by atoms with Crippen LogP contribution in [0.3, 0.4) is 0 Å². The van der Waals surface area contributed by atoms with E-state index in [9.17, 15) is 4.79 Å². The second-order valence-electron chi connectivity index (χ2n) is 5.67. The number of anilines is 1. The predicted octanol–water partition coefficient (Wildman–Crippen LogP) is 4.06. The van der Waals surface area contributed by atoms with E-state index in [1.165, 1.54) is 18.4 Å². The molecular formula is C19H18ClN3O4S. The summed E-state index contributed by atoms with van der Waals surface area (Å²) in [5.41, 5.74) is 1.31. The molecule has 0 aliphatic heterocycles. The second-order valence-corrected chi connectivity index (χ2v) is 7.16. The number of hydrogen-bond donors (Lipinski definition) is 1. The quantitative estimate of drug-likeness (QED) is 0.621. The lowest BCUT2D eigenvalue weighted by atomic mass is 10.1. The Balaban J connectivity index is 1.73. The highest BCUT2D eigenvalue weighted by atomic mass is 35.5. The Hall–Kier alpha value is -2.84. The number of rotatable bonds is 7. The Kier molecular flexibility index (Phi) is 6.33. The smallest absolute Gasteiger partial charge is 0.261 e. The van der Waals surface area contributed by atoms with Crippen LogP contribution >= 0.6 is 22.9 Å². The van der Waals surface area contributed by atoms with Gasteiger partial charge in [0.1, 0.15) is 10.8 Å². The lowest BCUT2D eigenvalue weighted by Gasteiger charge is -2.08. The van der Waals surface area contributed by atoms with Crippen LogP contribution < -0.4 is 19.5 Å². The van der Waals surface area contributed by atoms with Gasteiger partial charge in [-0.25, -0.2) is 0 Å². The molecule has 1 heterocycles. The van der Waals surface area contributed by atoms with Gasteiger partial charge in [0.15, 0.2) is 11.5 Å². The fourth-order valence-corrected chi connectivity index (χ4v) is 3.50. The van der Waals surface area contributed by atoms with Crippen LogP contribution in [-0.2, 0) is 6.42 Å². The van der Waals surface area contributed by atoms with Gasteiger partial charge in [-0.2, -0.15) is 0 Å². The van der Waals surface area contributed by atoms with Crippen LogP contribution in [0.2, 0.25) is 5.02 Å². The van der Waals surface area contributed by atoms with Crippen LogP contribution in [0.1, 0.15) is 20.9 Å². The first-order valence-corrected chi connectivity index (χ1v) is 9.41. The minimum absolute atomic E-state index is 0.326. The summed E-state index contributed by atoms with van der Waals surface area (Å²) in [4.78, 5) is 12.5. The monoisotopic (exact) mass is 419 g/mol. The molecule has 0 aliphatic carbocycles. The molecule has 7 nitrogen and oxygen atoms in total. The number of nitrogens with one attached hydrogen (secondary N) is 1. The molecular weight excluding hydrogens is 402 g/mol. The van der Waals surface area contributed by atoms with Gasteiger partial charge in [-0.3, -0.25) is 10.1 Å². The van der Waals surface area contributed by atoms with Crippen molar-refractivity contribution in [3.63, 3.8) is 0 Å². The van der Waals surface area contributed by atoms with Gasteiger partial charge < -0.3 is 14.2 Å². The van der Waals surface area contributed by atoms with E-state index in [2.05, 4.69) is 15.5 Å². The number of ether oxygens (including phenoxy) is 3. The maximum Gasteiger partial charge on any atom is 0.261 e. The van der Waals surface area contributed by atoms with Gasteiger partial charge in [-0.05, 0) is 35.9 Å². The summed E-state index contributed by atoms with van der Waals surface area (Å²) in [5, 5.41) is 12.5. The number of carbonyl (C=O) groups excluding carboxylic acids is 1. The fraction of sp³-hybridized carbons (Fsp3) is 0.211. The molecule has 0 spiro atoms. The zero-order chi connectivity index (χ0) is 20.1. The third-order valence-corrected chi connectivity index (χ3v) is 4.97. The Morgan fingerprint density at radius 2 is 1.71 bits per heavy atom. The van der Waals surface area contributed by atoms with Crippen LogP contribution in [0.5, 0.6) is 17.2 Å². The normalized spacial score (nSPS) is 10.4. The van der Waals surface area contributed by atoms with E-state index < -0.39 is 0 Å². The van der Waals surface area contributed by atoms with Crippen LogP contribution in [-0.4, -0.2) is 37.4 Å². The zero-order valence-electron chi connectivity index (χ0n) is 15.5. The number of nitrogens with zero attached hydrogens (tertiary/aromatic N) is 2. The highest BCUT2D eigenvalue weighted by molar-refractivity contribution is 7.15. The first-order chi connectivity index (χ1) is 13.5. The molecule has 0 atom stereocenters. The summed E-state index contributed by atoms with van der Waals surface area (Å²) in [7, 11) is 4.67. The molecule has 28 heavy (non-hydrogen) atoms. The first kappa shape index (κ1) is 19.9. The average molecular weight is 420 g/mol. The van der Waals surface area contributed by atoms with Crippen LogP contribution in [0.25, 0.3) is 0 Å². The first-order valence-electron chi connectivity index (χ1n) is 8.22. The van der Waals surface area contributed by atoms with Crippen LogP contribution in [0.4, 0.5) is 5.13 Å². The molecule has 0 unspecified atom stereocenters. The fourth-order valence-electron chi connectivity index (χ4n) is 2.56. The number of methoxy groups -OCH3 is 3. The molecule has 0 fully saturated rings. The minimum Gasteiger partial charge on any atom is -0.496 e. The van der Waals surface area contributed by atoms with Crippen molar-refractivity contribution in [2.24, 2.45) is 0 Å². The van der Waals surface area contributed by atoms with Gasteiger partial charge in [-0.15, -0.1) is 10.2 Å². The number of hydrogen-bond acceptors (Lipinski definition) is 7. The largest absolute Gasteiger partial charge is 0.496 e. The van der Waals surface area contributed by atoms with Crippen molar-refractivity contribution in [2.75, 3.05) is 26.6 Å². The molecule has 0 bridgehead atoms. The molecule has 1 aromatic heterocycles. The van der Waals surface area contributed by atoms with Crippen molar-refractivity contribution < 1.29 is 19.0 Å². The van der Waals surface area contributed by atoms with E-state index in [1.807, 2.05) is 18.2 Å². The van der Waals surface area contributed by atoms with Crippen molar-refractivity contribution in [1.82, 2.24) is 10.2 Å². The molecule has 1 N–H and O–H groups in total. The van der Waals surface area contributed by atoms with E-state index in [0.717, 1.165) is 10.6 Å². The topological polar surface area (TPSA) is 82.6 Å². The van der Waals surface area contributed by atoms with Crippen molar-refractivity contribution in [2.45, 2.75) is 6.42 Å². The van der Waals surface area contributed by atoms with E-state index in [4.69, 9.17) is 25.8 Å². The maximum atomic E-state index is 12.5.